The van der Waals surface area contributed by atoms with Gasteiger partial charge in [0.1, 0.15) is 5.65 Å². The molecular weight excluding hydrogens is 350 g/mol. The number of aromatic nitrogens is 3. The molecule has 134 valence electrons. The molecule has 0 atom stereocenters. The molecule has 1 aromatic carbocycles. The number of azo groups is 1. The first-order valence-corrected chi connectivity index (χ1v) is 8.79. The van der Waals surface area contributed by atoms with Gasteiger partial charge in [0, 0.05) is 34.8 Å². The molecule has 0 radical (unpaired) electrons. The topological polar surface area (TPSA) is 86.5 Å². The summed E-state index contributed by atoms with van der Waals surface area (Å²) in [6.45, 7) is 0. The van der Waals surface area contributed by atoms with E-state index in [0.717, 1.165) is 32.8 Å². The lowest BCUT2D eigenvalue weighted by Gasteiger charge is -1.94. The van der Waals surface area contributed by atoms with Crippen LogP contribution in [0.4, 0.5) is 5.69 Å². The van der Waals surface area contributed by atoms with Crippen LogP contribution in [0.15, 0.2) is 77.4 Å². The molecule has 0 fully saturated rings. The van der Waals surface area contributed by atoms with Crippen molar-refractivity contribution >= 4 is 34.6 Å². The van der Waals surface area contributed by atoms with Crippen molar-refractivity contribution in [3.8, 4) is 5.88 Å². The van der Waals surface area contributed by atoms with Gasteiger partial charge in [-0.2, -0.15) is 0 Å². The molecule has 6 nitrogen and oxygen atoms in total. The highest BCUT2D eigenvalue weighted by Gasteiger charge is 2.10. The second-order valence-corrected chi connectivity index (χ2v) is 6.41. The van der Waals surface area contributed by atoms with Gasteiger partial charge in [0.05, 0.1) is 11.4 Å². The number of rotatable bonds is 3. The third kappa shape index (κ3) is 2.87. The summed E-state index contributed by atoms with van der Waals surface area (Å²) in [5, 5.41) is 21.6. The van der Waals surface area contributed by atoms with Gasteiger partial charge >= 0.3 is 0 Å². The number of benzene rings is 1. The average molecular weight is 365 g/mol. The molecule has 0 saturated carbocycles. The lowest BCUT2D eigenvalue weighted by molar-refractivity contribution is 0.457. The highest BCUT2D eigenvalue weighted by atomic mass is 16.3. The van der Waals surface area contributed by atoms with Crippen molar-refractivity contribution < 1.29 is 5.11 Å². The SMILES string of the molecule is Oc1[nH]c2ncccc2c1C=c1ccc2c(c1)N=NC=2C=Cc1ccncc1. The van der Waals surface area contributed by atoms with Crippen LogP contribution in [0, 0.1) is 0 Å². The van der Waals surface area contributed by atoms with Crippen LogP contribution < -0.4 is 10.4 Å². The third-order valence-electron chi connectivity index (χ3n) is 4.60. The lowest BCUT2D eigenvalue weighted by Crippen LogP contribution is -2.08. The standard InChI is InChI=1S/C22H15N5O/c28-22-18(16-2-1-9-24-21(16)25-22)12-15-3-5-17-19(26-27-20(17)13-15)6-4-14-7-10-23-11-8-14/h1-13,28H,(H,24,25). The molecule has 0 saturated heterocycles. The van der Waals surface area contributed by atoms with Crippen molar-refractivity contribution in [2.24, 2.45) is 10.2 Å². The van der Waals surface area contributed by atoms with Crippen molar-refractivity contribution in [3.05, 3.63) is 88.7 Å². The number of nitrogens with zero attached hydrogens (tertiary/aromatic N) is 4. The zero-order valence-corrected chi connectivity index (χ0v) is 14.7. The Labute approximate surface area is 160 Å². The molecule has 0 spiro atoms. The Hall–Kier alpha value is -4.06. The Bertz CT molecular complexity index is 1370. The van der Waals surface area contributed by atoms with Crippen molar-refractivity contribution in [1.29, 1.82) is 0 Å². The summed E-state index contributed by atoms with van der Waals surface area (Å²) in [4.78, 5) is 11.1. The molecule has 0 bridgehead atoms. The summed E-state index contributed by atoms with van der Waals surface area (Å²) in [7, 11) is 0. The van der Waals surface area contributed by atoms with Gasteiger partial charge in [-0.15, -0.1) is 10.2 Å². The van der Waals surface area contributed by atoms with E-state index < -0.39 is 0 Å². The summed E-state index contributed by atoms with van der Waals surface area (Å²) in [6.07, 6.45) is 11.1. The smallest absolute Gasteiger partial charge is 0.198 e. The summed E-state index contributed by atoms with van der Waals surface area (Å²) in [6, 6.07) is 13.6. The third-order valence-corrected chi connectivity index (χ3v) is 4.60. The van der Waals surface area contributed by atoms with Crippen LogP contribution in [-0.2, 0) is 0 Å². The van der Waals surface area contributed by atoms with Crippen LogP contribution in [0.3, 0.4) is 0 Å². The van der Waals surface area contributed by atoms with Gasteiger partial charge in [-0.1, -0.05) is 12.1 Å². The van der Waals surface area contributed by atoms with Gasteiger partial charge in [0.25, 0.3) is 0 Å². The van der Waals surface area contributed by atoms with Crippen LogP contribution >= 0.6 is 0 Å². The minimum absolute atomic E-state index is 0.100. The molecule has 0 amide bonds. The van der Waals surface area contributed by atoms with Crippen LogP contribution in [-0.4, -0.2) is 20.1 Å². The first kappa shape index (κ1) is 16.1. The van der Waals surface area contributed by atoms with Gasteiger partial charge in [-0.05, 0) is 59.3 Å². The quantitative estimate of drug-likeness (QED) is 0.583. The molecule has 1 aliphatic rings. The van der Waals surface area contributed by atoms with Crippen molar-refractivity contribution in [2.45, 2.75) is 0 Å². The molecule has 5 rings (SSSR count). The number of hydrogen-bond acceptors (Lipinski definition) is 5. The maximum Gasteiger partial charge on any atom is 0.198 e. The number of fused-ring (bicyclic) bond motifs is 2. The molecule has 3 aromatic heterocycles. The predicted octanol–water partition coefficient (Wildman–Crippen LogP) is 3.41. The van der Waals surface area contributed by atoms with Gasteiger partial charge in [-0.3, -0.25) is 4.98 Å². The Morgan fingerprint density at radius 2 is 1.82 bits per heavy atom. The molecule has 4 heterocycles. The largest absolute Gasteiger partial charge is 0.494 e. The number of hydrogen-bond donors (Lipinski definition) is 2. The fraction of sp³-hybridized carbons (Fsp3) is 0. The van der Waals surface area contributed by atoms with E-state index >= 15 is 0 Å². The zero-order chi connectivity index (χ0) is 18.9. The maximum atomic E-state index is 10.2. The van der Waals surface area contributed by atoms with Gasteiger partial charge < -0.3 is 10.1 Å². The summed E-state index contributed by atoms with van der Waals surface area (Å²) >= 11 is 0. The molecule has 28 heavy (non-hydrogen) atoms. The Morgan fingerprint density at radius 1 is 0.929 bits per heavy atom. The fourth-order valence-corrected chi connectivity index (χ4v) is 3.21. The van der Waals surface area contributed by atoms with Crippen molar-refractivity contribution in [3.63, 3.8) is 0 Å². The van der Waals surface area contributed by atoms with E-state index in [0.29, 0.717) is 11.2 Å². The Kier molecular flexibility index (Phi) is 3.80. The Balaban J connectivity index is 1.56. The highest BCUT2D eigenvalue weighted by molar-refractivity contribution is 5.89. The second kappa shape index (κ2) is 6.59. The number of pyridine rings is 2. The molecule has 2 N–H and O–H groups in total. The summed E-state index contributed by atoms with van der Waals surface area (Å²) in [5.74, 6) is 0.100. The van der Waals surface area contributed by atoms with E-state index in [4.69, 9.17) is 0 Å². The number of H-pyrrole nitrogens is 1. The first-order valence-electron chi connectivity index (χ1n) is 8.79. The molecule has 1 aliphatic heterocycles. The molecule has 0 aliphatic carbocycles. The maximum absolute atomic E-state index is 10.2. The van der Waals surface area contributed by atoms with E-state index in [-0.39, 0.29) is 5.88 Å². The van der Waals surface area contributed by atoms with Crippen molar-refractivity contribution in [2.75, 3.05) is 0 Å². The highest BCUT2D eigenvalue weighted by Crippen LogP contribution is 2.26. The molecule has 6 heteroatoms. The number of aromatic hydroxyl groups is 1. The van der Waals surface area contributed by atoms with E-state index in [1.165, 1.54) is 0 Å². The monoisotopic (exact) mass is 365 g/mol. The lowest BCUT2D eigenvalue weighted by atomic mass is 10.1. The summed E-state index contributed by atoms with van der Waals surface area (Å²) < 4.78 is 0. The summed E-state index contributed by atoms with van der Waals surface area (Å²) in [5.41, 5.74) is 4.04. The second-order valence-electron chi connectivity index (χ2n) is 6.41. The van der Waals surface area contributed by atoms with Gasteiger partial charge in [-0.25, -0.2) is 4.98 Å². The van der Waals surface area contributed by atoms with Crippen LogP contribution in [0.5, 0.6) is 5.88 Å². The molecule has 0 unspecified atom stereocenters. The molecule has 4 aromatic rings. The predicted molar refractivity (Wildman–Crippen MR) is 108 cm³/mol. The zero-order valence-electron chi connectivity index (χ0n) is 14.7. The van der Waals surface area contributed by atoms with E-state index in [2.05, 4.69) is 25.2 Å². The van der Waals surface area contributed by atoms with Crippen LogP contribution in [0.1, 0.15) is 11.1 Å². The van der Waals surface area contributed by atoms with Crippen LogP contribution in [0.2, 0.25) is 0 Å². The minimum atomic E-state index is 0.100. The minimum Gasteiger partial charge on any atom is -0.494 e. The van der Waals surface area contributed by atoms with E-state index in [9.17, 15) is 5.11 Å². The van der Waals surface area contributed by atoms with Gasteiger partial charge in [0.15, 0.2) is 5.88 Å². The number of aromatic amines is 1. The van der Waals surface area contributed by atoms with Crippen molar-refractivity contribution in [1.82, 2.24) is 15.0 Å². The fourth-order valence-electron chi connectivity index (χ4n) is 3.21. The van der Waals surface area contributed by atoms with Crippen LogP contribution in [0.25, 0.3) is 28.9 Å². The average Bonchev–Trinajstić information content (AvgIpc) is 3.28. The number of nitrogens with one attached hydrogen (secondary N) is 1. The normalized spacial score (nSPS) is 13.7. The molecular formula is C22H15N5O. The van der Waals surface area contributed by atoms with Gasteiger partial charge in [0.2, 0.25) is 0 Å². The Morgan fingerprint density at radius 3 is 2.71 bits per heavy atom. The van der Waals surface area contributed by atoms with E-state index in [1.807, 2.05) is 60.7 Å². The first-order chi connectivity index (χ1) is 13.8. The van der Waals surface area contributed by atoms with E-state index in [1.54, 1.807) is 18.6 Å².